The highest BCUT2D eigenvalue weighted by Gasteiger charge is 2.14. The number of amides is 1. The summed E-state index contributed by atoms with van der Waals surface area (Å²) in [6, 6.07) is 17.2. The minimum Gasteiger partial charge on any atom is -0.493 e. The van der Waals surface area contributed by atoms with Crippen molar-refractivity contribution in [1.82, 2.24) is 4.90 Å². The van der Waals surface area contributed by atoms with Crippen molar-refractivity contribution in [3.63, 3.8) is 0 Å². The third kappa shape index (κ3) is 6.23. The summed E-state index contributed by atoms with van der Waals surface area (Å²) in [4.78, 5) is 25.0. The van der Waals surface area contributed by atoms with Crippen molar-refractivity contribution in [3.8, 4) is 11.5 Å². The fourth-order valence-electron chi connectivity index (χ4n) is 3.51. The van der Waals surface area contributed by atoms with E-state index in [-0.39, 0.29) is 16.9 Å². The van der Waals surface area contributed by atoms with Gasteiger partial charge in [0.2, 0.25) is 0 Å². The predicted molar refractivity (Wildman–Crippen MR) is 131 cm³/mol. The molecule has 3 aromatic rings. The van der Waals surface area contributed by atoms with Crippen LogP contribution in [0.4, 0.5) is 17.1 Å². The summed E-state index contributed by atoms with van der Waals surface area (Å²) in [5.74, 6) is 0.994. The maximum absolute atomic E-state index is 12.5. The van der Waals surface area contributed by atoms with Gasteiger partial charge in [0.05, 0.1) is 30.4 Å². The maximum Gasteiger partial charge on any atom is 0.271 e. The predicted octanol–water partition coefficient (Wildman–Crippen LogP) is 4.12. The third-order valence-corrected chi connectivity index (χ3v) is 5.39. The van der Waals surface area contributed by atoms with E-state index in [1.165, 1.54) is 18.2 Å². The van der Waals surface area contributed by atoms with Gasteiger partial charge in [-0.15, -0.1) is 0 Å². The highest BCUT2D eigenvalue weighted by atomic mass is 16.6. The maximum atomic E-state index is 12.5. The van der Waals surface area contributed by atoms with E-state index in [1.807, 2.05) is 42.5 Å². The first-order chi connectivity index (χ1) is 16.3. The van der Waals surface area contributed by atoms with Crippen LogP contribution >= 0.6 is 0 Å². The van der Waals surface area contributed by atoms with Gasteiger partial charge in [0.15, 0.2) is 11.5 Å². The largest absolute Gasteiger partial charge is 0.493 e. The molecule has 9 heteroatoms. The van der Waals surface area contributed by atoms with Crippen molar-refractivity contribution in [1.29, 1.82) is 0 Å². The molecule has 1 amide bonds. The highest BCUT2D eigenvalue weighted by Crippen LogP contribution is 2.28. The number of methoxy groups -OCH3 is 2. The Bertz CT molecular complexity index is 1160. The number of hydrogen-bond acceptors (Lipinski definition) is 7. The van der Waals surface area contributed by atoms with Crippen LogP contribution in [0.15, 0.2) is 60.7 Å². The van der Waals surface area contributed by atoms with Crippen LogP contribution < -0.4 is 20.5 Å². The molecule has 0 heterocycles. The quantitative estimate of drug-likeness (QED) is 0.263. The lowest BCUT2D eigenvalue weighted by Gasteiger charge is -2.18. The average Bonchev–Trinajstić information content (AvgIpc) is 2.83. The molecule has 0 aliphatic rings. The number of likely N-dealkylation sites (N-methyl/N-ethyl adjacent to an activating group) is 1. The molecule has 0 saturated heterocycles. The van der Waals surface area contributed by atoms with Crippen LogP contribution in [0.2, 0.25) is 0 Å². The minimum absolute atomic E-state index is 0.0563. The molecule has 0 unspecified atom stereocenters. The number of carbonyl (C=O) groups excluding carboxylic acids is 1. The van der Waals surface area contributed by atoms with E-state index >= 15 is 0 Å². The fourth-order valence-corrected chi connectivity index (χ4v) is 3.51. The number of carbonyl (C=O) groups is 1. The molecule has 0 bridgehead atoms. The molecule has 34 heavy (non-hydrogen) atoms. The van der Waals surface area contributed by atoms with E-state index in [2.05, 4.69) is 17.3 Å². The Labute approximate surface area is 198 Å². The number of ether oxygens (including phenoxy) is 2. The summed E-state index contributed by atoms with van der Waals surface area (Å²) in [5, 5.41) is 13.6. The van der Waals surface area contributed by atoms with Gasteiger partial charge in [-0.3, -0.25) is 14.9 Å². The molecule has 0 spiro atoms. The zero-order valence-electron chi connectivity index (χ0n) is 19.4. The Balaban J connectivity index is 1.53. The second-order valence-corrected chi connectivity index (χ2v) is 7.86. The van der Waals surface area contributed by atoms with Crippen LogP contribution in [0.25, 0.3) is 0 Å². The van der Waals surface area contributed by atoms with E-state index in [4.69, 9.17) is 15.2 Å². The molecule has 0 radical (unpaired) electrons. The van der Waals surface area contributed by atoms with Crippen LogP contribution in [0, 0.1) is 10.1 Å². The first-order valence-electron chi connectivity index (χ1n) is 10.6. The fraction of sp³-hybridized carbons (Fsp3) is 0.240. The monoisotopic (exact) mass is 464 g/mol. The first-order valence-corrected chi connectivity index (χ1v) is 10.6. The van der Waals surface area contributed by atoms with Crippen LogP contribution in [0.3, 0.4) is 0 Å². The van der Waals surface area contributed by atoms with Crippen LogP contribution in [0.5, 0.6) is 11.5 Å². The average molecular weight is 465 g/mol. The molecule has 178 valence electrons. The zero-order chi connectivity index (χ0) is 24.7. The van der Waals surface area contributed by atoms with Gasteiger partial charge in [-0.2, -0.15) is 0 Å². The molecular weight excluding hydrogens is 436 g/mol. The molecule has 0 aliphatic carbocycles. The number of nitrogens with one attached hydrogen (secondary N) is 1. The van der Waals surface area contributed by atoms with E-state index in [0.29, 0.717) is 17.2 Å². The van der Waals surface area contributed by atoms with Crippen molar-refractivity contribution < 1.29 is 19.2 Å². The van der Waals surface area contributed by atoms with Gasteiger partial charge in [0, 0.05) is 30.9 Å². The minimum atomic E-state index is -0.554. The number of anilines is 2. The smallest absolute Gasteiger partial charge is 0.271 e. The second-order valence-electron chi connectivity index (χ2n) is 7.86. The molecule has 0 fully saturated rings. The van der Waals surface area contributed by atoms with E-state index in [0.717, 1.165) is 30.6 Å². The first kappa shape index (κ1) is 24.5. The number of rotatable bonds is 10. The van der Waals surface area contributed by atoms with Crippen molar-refractivity contribution in [2.45, 2.75) is 13.0 Å². The topological polar surface area (TPSA) is 120 Å². The lowest BCUT2D eigenvalue weighted by atomic mass is 10.1. The third-order valence-electron chi connectivity index (χ3n) is 5.39. The van der Waals surface area contributed by atoms with Crippen LogP contribution in [-0.4, -0.2) is 43.5 Å². The number of nitrogen functional groups attached to an aromatic ring is 1. The van der Waals surface area contributed by atoms with E-state index in [1.54, 1.807) is 14.2 Å². The number of benzene rings is 3. The summed E-state index contributed by atoms with van der Waals surface area (Å²) < 4.78 is 10.7. The molecular formula is C25H28N4O5. The van der Waals surface area contributed by atoms with E-state index < -0.39 is 10.8 Å². The van der Waals surface area contributed by atoms with Crippen molar-refractivity contribution in [3.05, 3.63) is 87.5 Å². The standard InChI is InChI=1S/C25H28N4O5/c1-28(16-18-6-11-23(33-2)24(14-18)34-3)13-12-17-4-7-19(8-5-17)27-25(30)21-10-9-20(29(31)32)15-22(21)26/h4-11,14-15H,12-13,16,26H2,1-3H3,(H,27,30). The van der Waals surface area contributed by atoms with Gasteiger partial charge < -0.3 is 25.4 Å². The van der Waals surface area contributed by atoms with Gasteiger partial charge in [0.1, 0.15) is 0 Å². The Morgan fingerprint density at radius 2 is 1.68 bits per heavy atom. The number of hydrogen-bond donors (Lipinski definition) is 2. The second kappa shape index (κ2) is 11.2. The van der Waals surface area contributed by atoms with Crippen molar-refractivity contribution >= 4 is 23.0 Å². The Hall–Kier alpha value is -4.11. The summed E-state index contributed by atoms with van der Waals surface area (Å²) in [6.07, 6.45) is 0.841. The molecule has 3 N–H and O–H groups in total. The normalized spacial score (nSPS) is 10.7. The SMILES string of the molecule is COc1ccc(CN(C)CCc2ccc(NC(=O)c3ccc([N+](=O)[O-])cc3N)cc2)cc1OC. The van der Waals surface area contributed by atoms with Gasteiger partial charge >= 0.3 is 0 Å². The van der Waals surface area contributed by atoms with Gasteiger partial charge in [-0.05, 0) is 54.9 Å². The zero-order valence-corrected chi connectivity index (χ0v) is 19.4. The van der Waals surface area contributed by atoms with Crippen molar-refractivity contribution in [2.75, 3.05) is 38.9 Å². The summed E-state index contributed by atoms with van der Waals surface area (Å²) in [7, 11) is 5.30. The summed E-state index contributed by atoms with van der Waals surface area (Å²) in [5.41, 5.74) is 8.77. The number of nitro groups is 1. The lowest BCUT2D eigenvalue weighted by molar-refractivity contribution is -0.384. The number of nitro benzene ring substituents is 1. The number of nitrogens with zero attached hydrogens (tertiary/aromatic N) is 2. The van der Waals surface area contributed by atoms with Crippen LogP contribution in [-0.2, 0) is 13.0 Å². The summed E-state index contributed by atoms with van der Waals surface area (Å²) in [6.45, 7) is 1.62. The Morgan fingerprint density at radius 1 is 1.00 bits per heavy atom. The molecule has 0 aromatic heterocycles. The molecule has 0 atom stereocenters. The molecule has 3 aromatic carbocycles. The van der Waals surface area contributed by atoms with Gasteiger partial charge in [0.25, 0.3) is 11.6 Å². The lowest BCUT2D eigenvalue weighted by Crippen LogP contribution is -2.20. The molecule has 0 aliphatic heterocycles. The van der Waals surface area contributed by atoms with Crippen molar-refractivity contribution in [2.24, 2.45) is 0 Å². The van der Waals surface area contributed by atoms with Crippen LogP contribution in [0.1, 0.15) is 21.5 Å². The van der Waals surface area contributed by atoms with Gasteiger partial charge in [-0.25, -0.2) is 0 Å². The summed E-state index contributed by atoms with van der Waals surface area (Å²) >= 11 is 0. The molecule has 3 rings (SSSR count). The Morgan fingerprint density at radius 3 is 2.29 bits per heavy atom. The Kier molecular flexibility index (Phi) is 8.05. The van der Waals surface area contributed by atoms with Gasteiger partial charge in [-0.1, -0.05) is 18.2 Å². The number of nitrogens with two attached hydrogens (primary N) is 1. The highest BCUT2D eigenvalue weighted by molar-refractivity contribution is 6.07. The molecule has 9 nitrogen and oxygen atoms in total. The molecule has 0 saturated carbocycles. The van der Waals surface area contributed by atoms with E-state index in [9.17, 15) is 14.9 Å². The number of non-ortho nitro benzene ring substituents is 1.